The lowest BCUT2D eigenvalue weighted by atomic mass is 10.0. The molecule has 1 aromatic carbocycles. The number of imidazole rings is 1. The van der Waals surface area contributed by atoms with E-state index in [0.29, 0.717) is 27.9 Å². The van der Waals surface area contributed by atoms with Crippen molar-refractivity contribution in [3.63, 3.8) is 0 Å². The quantitative estimate of drug-likeness (QED) is 0.0284. The molecule has 0 bridgehead atoms. The molecule has 2 aromatic heterocycles. The van der Waals surface area contributed by atoms with E-state index in [1.807, 2.05) is 0 Å². The molecule has 0 aliphatic rings. The van der Waals surface area contributed by atoms with E-state index in [4.69, 9.17) is 11.5 Å². The number of aromatic nitrogens is 3. The Hall–Kier alpha value is -8.26. The molecular formula is C53H78N14O16S2. The van der Waals surface area contributed by atoms with Gasteiger partial charge in [-0.2, -0.15) is 23.5 Å². The molecule has 468 valence electrons. The Balaban J connectivity index is 1.96. The summed E-state index contributed by atoms with van der Waals surface area (Å²) in [5.74, 6) is -13.2. The van der Waals surface area contributed by atoms with Crippen LogP contribution in [0, 0.1) is 5.92 Å². The van der Waals surface area contributed by atoms with Gasteiger partial charge in [0.15, 0.2) is 0 Å². The van der Waals surface area contributed by atoms with Crippen LogP contribution in [0.1, 0.15) is 90.3 Å². The van der Waals surface area contributed by atoms with Gasteiger partial charge in [-0.1, -0.05) is 32.0 Å². The van der Waals surface area contributed by atoms with Crippen molar-refractivity contribution >= 4 is 111 Å². The summed E-state index contributed by atoms with van der Waals surface area (Å²) in [4.78, 5) is 182. The molecule has 0 radical (unpaired) electrons. The van der Waals surface area contributed by atoms with Gasteiger partial charge in [0, 0.05) is 61.1 Å². The largest absolute Gasteiger partial charge is 0.481 e. The average molecular weight is 1230 g/mol. The molecule has 85 heavy (non-hydrogen) atoms. The minimum atomic E-state index is -1.62. The molecule has 10 amide bonds. The second-order valence-electron chi connectivity index (χ2n) is 20.3. The molecule has 18 N–H and O–H groups in total. The van der Waals surface area contributed by atoms with Gasteiger partial charge in [0.05, 0.1) is 12.4 Å². The lowest BCUT2D eigenvalue weighted by Gasteiger charge is -2.28. The van der Waals surface area contributed by atoms with Gasteiger partial charge in [-0.3, -0.25) is 57.5 Å². The van der Waals surface area contributed by atoms with Crippen molar-refractivity contribution < 1.29 is 77.6 Å². The van der Waals surface area contributed by atoms with E-state index in [1.165, 1.54) is 63.7 Å². The van der Waals surface area contributed by atoms with E-state index >= 15 is 0 Å². The summed E-state index contributed by atoms with van der Waals surface area (Å²) in [6.45, 7) is 5.65. The standard InChI is InChI=1S/C53H78N14O16S2/c1-26(2)43(53(82)83)67-50(79)35(13-16-42(71)72)62-48(77)36(17-19-84-5)61-45(74)28(4)59-46(75)33(11-14-40(55)68)63-52(81)39(22-30-24-56-25-58-30)66-51(80)38(21-29-23-57-32-10-8-7-9-31(29)32)65-49(78)37(18-20-85-6)64-47(76)34(12-15-41(69)70)60-44(73)27(3)54/h7-10,23-28,33-39,43,57H,11-22,54H2,1-6H3,(H2,55,68)(H,56,58)(H,59,75)(H,60,73)(H,61,74)(H,62,77)(H,63,81)(H,64,76)(H,65,78)(H,66,80)(H,67,79)(H,69,70)(H,71,72)(H,82,83)/t27-,28-,33-,34-,35-,36-,37-,38-,39-,43-/m0/s1. The summed E-state index contributed by atoms with van der Waals surface area (Å²) < 4.78 is 0. The van der Waals surface area contributed by atoms with Crippen molar-refractivity contribution in [1.82, 2.24) is 62.8 Å². The number of benzene rings is 1. The smallest absolute Gasteiger partial charge is 0.326 e. The summed E-state index contributed by atoms with van der Waals surface area (Å²) in [6, 6.07) is -7.28. The van der Waals surface area contributed by atoms with Gasteiger partial charge < -0.3 is 84.6 Å². The van der Waals surface area contributed by atoms with Crippen LogP contribution in [0.2, 0.25) is 0 Å². The third-order valence-electron chi connectivity index (χ3n) is 13.1. The molecule has 3 rings (SSSR count). The Morgan fingerprint density at radius 1 is 0.529 bits per heavy atom. The maximum atomic E-state index is 14.8. The number of carbonyl (C=O) groups excluding carboxylic acids is 10. The van der Waals surface area contributed by atoms with Crippen LogP contribution in [0.3, 0.4) is 0 Å². The van der Waals surface area contributed by atoms with E-state index in [-0.39, 0.29) is 37.9 Å². The minimum absolute atomic E-state index is 0.00582. The molecule has 30 nitrogen and oxygen atoms in total. The monoisotopic (exact) mass is 1230 g/mol. The van der Waals surface area contributed by atoms with Crippen LogP contribution in [-0.4, -0.2) is 192 Å². The van der Waals surface area contributed by atoms with Crippen molar-refractivity contribution in [3.8, 4) is 0 Å². The fourth-order valence-electron chi connectivity index (χ4n) is 8.30. The molecule has 0 aliphatic carbocycles. The Morgan fingerprint density at radius 2 is 0.953 bits per heavy atom. The van der Waals surface area contributed by atoms with Crippen LogP contribution in [0.15, 0.2) is 43.0 Å². The average Bonchev–Trinajstić information content (AvgIpc) is 3.82. The number of carboxylic acids is 3. The number of carboxylic acid groups (broad SMARTS) is 3. The van der Waals surface area contributed by atoms with E-state index < -0.39 is 175 Å². The minimum Gasteiger partial charge on any atom is -0.481 e. The number of H-pyrrole nitrogens is 2. The zero-order chi connectivity index (χ0) is 63.5. The highest BCUT2D eigenvalue weighted by Gasteiger charge is 2.36. The van der Waals surface area contributed by atoms with Gasteiger partial charge in [-0.25, -0.2) is 9.78 Å². The lowest BCUT2D eigenvalue weighted by Crippen LogP contribution is -2.61. The van der Waals surface area contributed by atoms with Crippen molar-refractivity contribution in [2.75, 3.05) is 24.0 Å². The van der Waals surface area contributed by atoms with Crippen LogP contribution < -0.4 is 59.3 Å². The second-order valence-corrected chi connectivity index (χ2v) is 22.3. The maximum Gasteiger partial charge on any atom is 0.326 e. The number of nitrogens with one attached hydrogen (secondary N) is 11. The molecule has 0 unspecified atom stereocenters. The lowest BCUT2D eigenvalue weighted by molar-refractivity contribution is -0.144. The number of carbonyl (C=O) groups is 13. The number of aromatic amines is 2. The van der Waals surface area contributed by atoms with Gasteiger partial charge >= 0.3 is 17.9 Å². The summed E-state index contributed by atoms with van der Waals surface area (Å²) in [7, 11) is 0. The third-order valence-corrected chi connectivity index (χ3v) is 14.4. The Bertz CT molecular complexity index is 2820. The van der Waals surface area contributed by atoms with Crippen LogP contribution in [-0.2, 0) is 75.2 Å². The maximum absolute atomic E-state index is 14.8. The molecule has 2 heterocycles. The number of hydrogen-bond acceptors (Lipinski definition) is 17. The van der Waals surface area contributed by atoms with Crippen molar-refractivity contribution in [1.29, 1.82) is 0 Å². The van der Waals surface area contributed by atoms with E-state index in [9.17, 15) is 77.6 Å². The highest BCUT2D eigenvalue weighted by Crippen LogP contribution is 2.20. The van der Waals surface area contributed by atoms with Crippen LogP contribution in [0.4, 0.5) is 0 Å². The fraction of sp³-hybridized carbons (Fsp3) is 0.547. The normalized spacial score (nSPS) is 14.7. The number of aliphatic carboxylic acids is 3. The van der Waals surface area contributed by atoms with Gasteiger partial charge in [-0.05, 0) is 87.5 Å². The Labute approximate surface area is 497 Å². The number of rotatable bonds is 39. The fourth-order valence-corrected chi connectivity index (χ4v) is 9.24. The SMILES string of the molecule is CSCC[C@H](NC(=O)[C@H](C)NC(=O)[C@H](CCC(N)=O)NC(=O)[C@H](Cc1cnc[nH]1)NC(=O)[C@H](Cc1c[nH]c2ccccc12)NC(=O)[C@H](CCSC)NC(=O)[C@H](CCC(=O)O)NC(=O)[C@H](C)N)C(=O)N[C@@H](CCC(=O)O)C(=O)N[C@H](C(=O)O)C(C)C. The first-order valence-electron chi connectivity index (χ1n) is 27.1. The number of fused-ring (bicyclic) bond motifs is 1. The zero-order valence-electron chi connectivity index (χ0n) is 47.9. The molecule has 0 saturated heterocycles. The van der Waals surface area contributed by atoms with E-state index in [1.54, 1.807) is 43.0 Å². The molecule has 32 heteroatoms. The zero-order valence-corrected chi connectivity index (χ0v) is 49.6. The molecule has 0 saturated carbocycles. The van der Waals surface area contributed by atoms with Crippen LogP contribution in [0.5, 0.6) is 0 Å². The molecule has 10 atom stereocenters. The summed E-state index contributed by atoms with van der Waals surface area (Å²) in [5, 5.41) is 51.6. The summed E-state index contributed by atoms with van der Waals surface area (Å²) in [6.07, 6.45) is 4.34. The molecular weight excluding hydrogens is 1150 g/mol. The predicted molar refractivity (Wildman–Crippen MR) is 312 cm³/mol. The first-order valence-corrected chi connectivity index (χ1v) is 29.9. The molecule has 0 spiro atoms. The number of nitrogens with two attached hydrogens (primary N) is 2. The van der Waals surface area contributed by atoms with Gasteiger partial charge in [-0.15, -0.1) is 0 Å². The van der Waals surface area contributed by atoms with Crippen molar-refractivity contribution in [3.05, 3.63) is 54.2 Å². The Morgan fingerprint density at radius 3 is 1.40 bits per heavy atom. The summed E-state index contributed by atoms with van der Waals surface area (Å²) in [5.41, 5.74) is 12.7. The Kier molecular flexibility index (Phi) is 29.9. The summed E-state index contributed by atoms with van der Waals surface area (Å²) >= 11 is 2.62. The number of para-hydroxylation sites is 1. The number of amides is 10. The first-order chi connectivity index (χ1) is 40.1. The number of primary amides is 1. The van der Waals surface area contributed by atoms with Crippen LogP contribution >= 0.6 is 23.5 Å². The van der Waals surface area contributed by atoms with Crippen molar-refractivity contribution in [2.45, 2.75) is 152 Å². The highest BCUT2D eigenvalue weighted by molar-refractivity contribution is 7.98. The second kappa shape index (κ2) is 35.8. The molecule has 0 fully saturated rings. The number of thioether (sulfide) groups is 2. The van der Waals surface area contributed by atoms with Crippen LogP contribution in [0.25, 0.3) is 10.9 Å². The van der Waals surface area contributed by atoms with Gasteiger partial charge in [0.25, 0.3) is 0 Å². The van der Waals surface area contributed by atoms with E-state index in [0.717, 1.165) is 0 Å². The van der Waals surface area contributed by atoms with Gasteiger partial charge in [0.1, 0.15) is 54.4 Å². The first kappa shape index (κ1) is 71.0. The number of hydrogen-bond donors (Lipinski definition) is 16. The highest BCUT2D eigenvalue weighted by atomic mass is 32.2. The number of nitrogens with zero attached hydrogens (tertiary/aromatic N) is 1. The van der Waals surface area contributed by atoms with Crippen molar-refractivity contribution in [2.24, 2.45) is 17.4 Å². The van der Waals surface area contributed by atoms with E-state index in [2.05, 4.69) is 62.8 Å². The topological polar surface area (TPSA) is 487 Å². The van der Waals surface area contributed by atoms with Gasteiger partial charge in [0.2, 0.25) is 59.1 Å². The molecule has 3 aromatic rings. The predicted octanol–water partition coefficient (Wildman–Crippen LogP) is -2.35. The third kappa shape index (κ3) is 24.5. The molecule has 0 aliphatic heterocycles.